The summed E-state index contributed by atoms with van der Waals surface area (Å²) in [4.78, 5) is 1.51. The van der Waals surface area contributed by atoms with E-state index >= 15 is 0 Å². The normalized spacial score (nSPS) is 34.5. The Morgan fingerprint density at radius 1 is 1.07 bits per heavy atom. The third-order valence-corrected chi connectivity index (χ3v) is 2.52. The van der Waals surface area contributed by atoms with Crippen molar-refractivity contribution in [3.05, 3.63) is 0 Å². The first-order valence-corrected chi connectivity index (χ1v) is 4.84. The van der Waals surface area contributed by atoms with Gasteiger partial charge >= 0.3 is 0 Å². The van der Waals surface area contributed by atoms with Gasteiger partial charge in [0.25, 0.3) is 5.92 Å². The van der Waals surface area contributed by atoms with Gasteiger partial charge in [0.15, 0.2) is 0 Å². The molecular weight excluding hydrogens is 191 g/mol. The van der Waals surface area contributed by atoms with E-state index in [-0.39, 0.29) is 13.1 Å². The molecule has 0 bridgehead atoms. The van der Waals surface area contributed by atoms with Crippen molar-refractivity contribution < 1.29 is 13.2 Å². The number of hydrogen-bond donors (Lipinski definition) is 0. The number of hydrogen-bond acceptors (Lipinski definition) is 1. The van der Waals surface area contributed by atoms with Gasteiger partial charge in [-0.3, -0.25) is 4.90 Å². The molecule has 0 N–H and O–H groups in total. The van der Waals surface area contributed by atoms with Gasteiger partial charge in [0, 0.05) is 18.5 Å². The molecular formula is C10H18F3N. The summed E-state index contributed by atoms with van der Waals surface area (Å²) >= 11 is 0. The van der Waals surface area contributed by atoms with Crippen molar-refractivity contribution in [1.29, 1.82) is 0 Å². The fraction of sp³-hybridized carbons (Fsp3) is 1.00. The first-order valence-electron chi connectivity index (χ1n) is 4.84. The van der Waals surface area contributed by atoms with E-state index in [9.17, 15) is 13.2 Å². The van der Waals surface area contributed by atoms with Gasteiger partial charge in [-0.05, 0) is 27.7 Å². The van der Waals surface area contributed by atoms with Crippen molar-refractivity contribution in [1.82, 2.24) is 4.90 Å². The zero-order valence-electron chi connectivity index (χ0n) is 9.20. The second kappa shape index (κ2) is 3.12. The minimum Gasteiger partial charge on any atom is -0.289 e. The molecule has 1 rings (SSSR count). The summed E-state index contributed by atoms with van der Waals surface area (Å²) in [5.74, 6) is -2.91. The van der Waals surface area contributed by atoms with Gasteiger partial charge in [0.2, 0.25) is 0 Å². The maximum atomic E-state index is 13.6. The van der Waals surface area contributed by atoms with Crippen molar-refractivity contribution in [2.24, 2.45) is 0 Å². The monoisotopic (exact) mass is 209 g/mol. The highest BCUT2D eigenvalue weighted by Gasteiger charge is 2.49. The van der Waals surface area contributed by atoms with Crippen molar-refractivity contribution in [3.8, 4) is 0 Å². The Labute approximate surface area is 83.3 Å². The average Bonchev–Trinajstić information content (AvgIpc) is 1.76. The first-order chi connectivity index (χ1) is 6.02. The molecule has 4 heteroatoms. The smallest absolute Gasteiger partial charge is 0.263 e. The molecule has 0 spiro atoms. The highest BCUT2D eigenvalue weighted by molar-refractivity contribution is 4.96. The van der Waals surface area contributed by atoms with Gasteiger partial charge < -0.3 is 0 Å². The molecule has 84 valence electrons. The molecule has 0 aliphatic carbocycles. The van der Waals surface area contributed by atoms with Crippen molar-refractivity contribution >= 4 is 0 Å². The van der Waals surface area contributed by atoms with Gasteiger partial charge in [-0.15, -0.1) is 0 Å². The molecule has 0 aromatic heterocycles. The maximum absolute atomic E-state index is 13.6. The Kier molecular flexibility index (Phi) is 2.64. The maximum Gasteiger partial charge on any atom is 0.263 e. The Hall–Kier alpha value is -0.250. The van der Waals surface area contributed by atoms with Gasteiger partial charge in [-0.2, -0.15) is 0 Å². The van der Waals surface area contributed by atoms with Crippen molar-refractivity contribution in [2.45, 2.75) is 51.2 Å². The second-order valence-corrected chi connectivity index (χ2v) is 5.47. The third-order valence-electron chi connectivity index (χ3n) is 2.52. The fourth-order valence-corrected chi connectivity index (χ4v) is 1.86. The SMILES string of the molecule is CC1(F)CN(C(C)(C)C)CC(F)(F)C1. The molecule has 1 heterocycles. The molecule has 1 saturated heterocycles. The van der Waals surface area contributed by atoms with E-state index in [0.717, 1.165) is 0 Å². The molecule has 1 atom stereocenters. The molecule has 14 heavy (non-hydrogen) atoms. The Bertz CT molecular complexity index is 202. The lowest BCUT2D eigenvalue weighted by Gasteiger charge is -2.46. The summed E-state index contributed by atoms with van der Waals surface area (Å²) in [5.41, 5.74) is -2.19. The lowest BCUT2D eigenvalue weighted by atomic mass is 9.90. The van der Waals surface area contributed by atoms with Crippen LogP contribution in [0.4, 0.5) is 13.2 Å². The molecule has 1 fully saturated rings. The quantitative estimate of drug-likeness (QED) is 0.593. The average molecular weight is 209 g/mol. The number of rotatable bonds is 0. The van der Waals surface area contributed by atoms with Crippen LogP contribution < -0.4 is 0 Å². The van der Waals surface area contributed by atoms with Crippen molar-refractivity contribution in [2.75, 3.05) is 13.1 Å². The predicted molar refractivity (Wildman–Crippen MR) is 50.4 cm³/mol. The number of piperidine rings is 1. The van der Waals surface area contributed by atoms with Crippen molar-refractivity contribution in [3.63, 3.8) is 0 Å². The largest absolute Gasteiger partial charge is 0.289 e. The second-order valence-electron chi connectivity index (χ2n) is 5.47. The third kappa shape index (κ3) is 2.87. The fourth-order valence-electron chi connectivity index (χ4n) is 1.86. The van der Waals surface area contributed by atoms with Crippen LogP contribution in [0.25, 0.3) is 0 Å². The molecule has 0 saturated carbocycles. The molecule has 0 aromatic carbocycles. The minimum atomic E-state index is -2.91. The van der Waals surface area contributed by atoms with Gasteiger partial charge in [-0.25, -0.2) is 13.2 Å². The zero-order chi connectivity index (χ0) is 11.2. The number of nitrogens with zero attached hydrogens (tertiary/aromatic N) is 1. The summed E-state index contributed by atoms with van der Waals surface area (Å²) in [6.45, 7) is 6.47. The van der Waals surface area contributed by atoms with Gasteiger partial charge in [0.05, 0.1) is 6.54 Å². The van der Waals surface area contributed by atoms with Crippen LogP contribution in [0.2, 0.25) is 0 Å². The summed E-state index contributed by atoms with van der Waals surface area (Å²) in [6, 6.07) is 0. The number of alkyl halides is 3. The van der Waals surface area contributed by atoms with Crippen LogP contribution in [-0.4, -0.2) is 35.1 Å². The Morgan fingerprint density at radius 2 is 1.57 bits per heavy atom. The topological polar surface area (TPSA) is 3.24 Å². The van der Waals surface area contributed by atoms with E-state index in [0.29, 0.717) is 0 Å². The number of likely N-dealkylation sites (tertiary alicyclic amines) is 1. The van der Waals surface area contributed by atoms with Crippen LogP contribution in [0.3, 0.4) is 0 Å². The van der Waals surface area contributed by atoms with Gasteiger partial charge in [0.1, 0.15) is 5.67 Å². The predicted octanol–water partition coefficient (Wildman–Crippen LogP) is 2.85. The van der Waals surface area contributed by atoms with E-state index < -0.39 is 23.6 Å². The van der Waals surface area contributed by atoms with E-state index in [1.165, 1.54) is 11.8 Å². The summed E-state index contributed by atoms with van der Waals surface area (Å²) in [7, 11) is 0. The summed E-state index contributed by atoms with van der Waals surface area (Å²) in [5, 5.41) is 0. The molecule has 0 amide bonds. The van der Waals surface area contributed by atoms with E-state index in [2.05, 4.69) is 0 Å². The van der Waals surface area contributed by atoms with Crippen LogP contribution >= 0.6 is 0 Å². The van der Waals surface area contributed by atoms with Crippen LogP contribution in [0.15, 0.2) is 0 Å². The van der Waals surface area contributed by atoms with E-state index in [4.69, 9.17) is 0 Å². The number of halogens is 3. The molecule has 1 aliphatic rings. The molecule has 1 aliphatic heterocycles. The Balaban J connectivity index is 2.82. The first kappa shape index (κ1) is 11.8. The highest BCUT2D eigenvalue weighted by Crippen LogP contribution is 2.37. The lowest BCUT2D eigenvalue weighted by molar-refractivity contribution is -0.138. The molecule has 1 nitrogen and oxygen atoms in total. The lowest BCUT2D eigenvalue weighted by Crippen LogP contribution is -2.58. The standard InChI is InChI=1S/C10H18F3N/c1-8(2,3)14-6-9(4,11)5-10(12,13)7-14/h5-7H2,1-4H3. The van der Waals surface area contributed by atoms with Gasteiger partial charge in [-0.1, -0.05) is 0 Å². The van der Waals surface area contributed by atoms with Crippen LogP contribution in [0, 0.1) is 0 Å². The minimum absolute atomic E-state index is 0.0894. The molecule has 1 unspecified atom stereocenters. The zero-order valence-corrected chi connectivity index (χ0v) is 9.20. The summed E-state index contributed by atoms with van der Waals surface area (Å²) in [6.07, 6.45) is -0.660. The van der Waals surface area contributed by atoms with Crippen LogP contribution in [0.1, 0.15) is 34.1 Å². The highest BCUT2D eigenvalue weighted by atomic mass is 19.3. The molecule has 0 radical (unpaired) electrons. The Morgan fingerprint density at radius 3 is 1.93 bits per heavy atom. The van der Waals surface area contributed by atoms with E-state index in [1.807, 2.05) is 20.8 Å². The molecule has 0 aromatic rings. The van der Waals surface area contributed by atoms with Crippen LogP contribution in [0.5, 0.6) is 0 Å². The summed E-state index contributed by atoms with van der Waals surface area (Å²) < 4.78 is 40.0. The van der Waals surface area contributed by atoms with E-state index in [1.54, 1.807) is 0 Å². The van der Waals surface area contributed by atoms with Crippen LogP contribution in [-0.2, 0) is 0 Å².